The summed E-state index contributed by atoms with van der Waals surface area (Å²) in [7, 11) is 0. The molecule has 0 aromatic rings. The number of rotatable bonds is 3. The fraction of sp³-hybridized carbons (Fsp3) is 0.846. The highest BCUT2D eigenvalue weighted by Gasteiger charge is 2.36. The summed E-state index contributed by atoms with van der Waals surface area (Å²) in [4.78, 5) is 11.9. The maximum absolute atomic E-state index is 11.9. The van der Waals surface area contributed by atoms with Gasteiger partial charge in [0, 0.05) is 5.92 Å². The molecule has 104 valence electrons. The van der Waals surface area contributed by atoms with Gasteiger partial charge in [-0.25, -0.2) is 0 Å². The second-order valence-electron chi connectivity index (χ2n) is 5.48. The normalized spacial score (nSPS) is 21.2. The summed E-state index contributed by atoms with van der Waals surface area (Å²) in [6, 6.07) is 0. The molecule has 1 rings (SSSR count). The molecule has 0 aliphatic heterocycles. The smallest absolute Gasteiger partial charge is 0.223 e. The topological polar surface area (TPSA) is 87.7 Å². The average molecular weight is 255 g/mol. The first kappa shape index (κ1) is 14.8. The van der Waals surface area contributed by atoms with E-state index in [4.69, 9.17) is 10.9 Å². The number of oxime groups is 1. The summed E-state index contributed by atoms with van der Waals surface area (Å²) in [6.07, 6.45) is 6.99. The first-order chi connectivity index (χ1) is 8.52. The number of hydrogen-bond donors (Lipinski definition) is 3. The average Bonchev–Trinajstić information content (AvgIpc) is 2.31. The van der Waals surface area contributed by atoms with Crippen LogP contribution in [0.4, 0.5) is 0 Å². The Balaban J connectivity index is 2.88. The van der Waals surface area contributed by atoms with Gasteiger partial charge in [0.2, 0.25) is 5.91 Å². The van der Waals surface area contributed by atoms with Gasteiger partial charge >= 0.3 is 0 Å². The van der Waals surface area contributed by atoms with Crippen LogP contribution in [-0.4, -0.2) is 22.5 Å². The molecule has 0 bridgehead atoms. The van der Waals surface area contributed by atoms with Crippen molar-refractivity contribution in [1.82, 2.24) is 5.32 Å². The maximum Gasteiger partial charge on any atom is 0.223 e. The van der Waals surface area contributed by atoms with Gasteiger partial charge in [-0.1, -0.05) is 51.1 Å². The third-order valence-corrected chi connectivity index (χ3v) is 3.69. The van der Waals surface area contributed by atoms with E-state index in [2.05, 4.69) is 10.5 Å². The second-order valence-corrected chi connectivity index (χ2v) is 5.48. The first-order valence-corrected chi connectivity index (χ1v) is 6.82. The lowest BCUT2D eigenvalue weighted by Gasteiger charge is -2.35. The van der Waals surface area contributed by atoms with E-state index in [1.54, 1.807) is 0 Å². The third-order valence-electron chi connectivity index (χ3n) is 3.69. The standard InChI is InChI=1S/C13H25N3O2/c1-10(2)11(17)15-13(12(14)16-18)8-6-4-3-5-7-9-13/h10,18H,3-9H2,1-2H3,(H2,14,16)(H,15,17). The van der Waals surface area contributed by atoms with Gasteiger partial charge in [-0.2, -0.15) is 0 Å². The predicted molar refractivity (Wildman–Crippen MR) is 71.4 cm³/mol. The van der Waals surface area contributed by atoms with Gasteiger partial charge in [-0.05, 0) is 12.8 Å². The lowest BCUT2D eigenvalue weighted by Crippen LogP contribution is -2.58. The van der Waals surface area contributed by atoms with Crippen LogP contribution in [0.2, 0.25) is 0 Å². The molecule has 5 nitrogen and oxygen atoms in total. The molecule has 1 saturated carbocycles. The summed E-state index contributed by atoms with van der Waals surface area (Å²) in [5, 5.41) is 15.1. The summed E-state index contributed by atoms with van der Waals surface area (Å²) in [5.41, 5.74) is 5.18. The lowest BCUT2D eigenvalue weighted by atomic mass is 9.82. The van der Waals surface area contributed by atoms with Crippen molar-refractivity contribution in [2.45, 2.75) is 64.3 Å². The van der Waals surface area contributed by atoms with Gasteiger partial charge in [0.15, 0.2) is 5.84 Å². The Morgan fingerprint density at radius 1 is 1.22 bits per heavy atom. The number of amides is 1. The van der Waals surface area contributed by atoms with Crippen LogP contribution in [0.25, 0.3) is 0 Å². The van der Waals surface area contributed by atoms with E-state index in [9.17, 15) is 4.79 Å². The largest absolute Gasteiger partial charge is 0.409 e. The minimum absolute atomic E-state index is 0.0397. The van der Waals surface area contributed by atoms with Crippen molar-refractivity contribution in [2.75, 3.05) is 0 Å². The number of nitrogens with one attached hydrogen (secondary N) is 1. The Kier molecular flexibility index (Phi) is 5.44. The third kappa shape index (κ3) is 3.62. The molecule has 0 unspecified atom stereocenters. The monoisotopic (exact) mass is 255 g/mol. The van der Waals surface area contributed by atoms with Gasteiger partial charge < -0.3 is 16.3 Å². The van der Waals surface area contributed by atoms with Crippen LogP contribution in [0.5, 0.6) is 0 Å². The van der Waals surface area contributed by atoms with Crippen molar-refractivity contribution in [1.29, 1.82) is 0 Å². The van der Waals surface area contributed by atoms with Crippen molar-refractivity contribution < 1.29 is 10.0 Å². The fourth-order valence-corrected chi connectivity index (χ4v) is 2.43. The number of amidine groups is 1. The molecule has 0 aromatic heterocycles. The van der Waals surface area contributed by atoms with E-state index in [1.807, 2.05) is 13.8 Å². The Hall–Kier alpha value is -1.26. The molecule has 1 amide bonds. The molecular weight excluding hydrogens is 230 g/mol. The lowest BCUT2D eigenvalue weighted by molar-refractivity contribution is -0.125. The minimum atomic E-state index is -0.656. The SMILES string of the molecule is CC(C)C(=O)NC1(C(N)=NO)CCCCCCC1. The molecule has 0 saturated heterocycles. The van der Waals surface area contributed by atoms with Crippen molar-refractivity contribution in [3.8, 4) is 0 Å². The Morgan fingerprint density at radius 3 is 2.17 bits per heavy atom. The molecule has 0 radical (unpaired) electrons. The minimum Gasteiger partial charge on any atom is -0.409 e. The van der Waals surface area contributed by atoms with E-state index >= 15 is 0 Å². The molecular formula is C13H25N3O2. The summed E-state index contributed by atoms with van der Waals surface area (Å²) >= 11 is 0. The van der Waals surface area contributed by atoms with Crippen LogP contribution in [-0.2, 0) is 4.79 Å². The molecule has 0 heterocycles. The number of nitrogens with zero attached hydrogens (tertiary/aromatic N) is 1. The van der Waals surface area contributed by atoms with Gasteiger partial charge in [0.05, 0.1) is 0 Å². The number of hydrogen-bond acceptors (Lipinski definition) is 3. The van der Waals surface area contributed by atoms with Gasteiger partial charge in [0.1, 0.15) is 5.54 Å². The number of carbonyl (C=O) groups excluding carboxylic acids is 1. The first-order valence-electron chi connectivity index (χ1n) is 6.82. The zero-order valence-corrected chi connectivity index (χ0v) is 11.4. The summed E-state index contributed by atoms with van der Waals surface area (Å²) in [5.74, 6) is -0.000572. The quantitative estimate of drug-likeness (QED) is 0.312. The van der Waals surface area contributed by atoms with Gasteiger partial charge in [-0.15, -0.1) is 0 Å². The van der Waals surface area contributed by atoms with Crippen LogP contribution in [0.1, 0.15) is 58.8 Å². The van der Waals surface area contributed by atoms with E-state index in [0.717, 1.165) is 38.5 Å². The zero-order chi connectivity index (χ0) is 13.6. The van der Waals surface area contributed by atoms with Crippen LogP contribution >= 0.6 is 0 Å². The molecule has 1 aliphatic rings. The van der Waals surface area contributed by atoms with Crippen LogP contribution < -0.4 is 11.1 Å². The summed E-state index contributed by atoms with van der Waals surface area (Å²) in [6.45, 7) is 3.69. The molecule has 0 atom stereocenters. The van der Waals surface area contributed by atoms with E-state index in [1.165, 1.54) is 6.42 Å². The molecule has 5 heteroatoms. The van der Waals surface area contributed by atoms with Crippen LogP contribution in [0.3, 0.4) is 0 Å². The van der Waals surface area contributed by atoms with Crippen molar-refractivity contribution in [2.24, 2.45) is 16.8 Å². The number of nitrogens with two attached hydrogens (primary N) is 1. The second kappa shape index (κ2) is 6.61. The van der Waals surface area contributed by atoms with Crippen LogP contribution in [0.15, 0.2) is 5.16 Å². The Bertz CT molecular complexity index is 305. The predicted octanol–water partition coefficient (Wildman–Crippen LogP) is 1.99. The van der Waals surface area contributed by atoms with Crippen LogP contribution in [0, 0.1) is 5.92 Å². The Labute approximate surface area is 109 Å². The molecule has 0 spiro atoms. The van der Waals surface area contributed by atoms with Crippen molar-refractivity contribution in [3.63, 3.8) is 0 Å². The molecule has 4 N–H and O–H groups in total. The molecule has 1 fully saturated rings. The highest BCUT2D eigenvalue weighted by Crippen LogP contribution is 2.27. The fourth-order valence-electron chi connectivity index (χ4n) is 2.43. The van der Waals surface area contributed by atoms with Gasteiger partial charge in [-0.3, -0.25) is 4.79 Å². The maximum atomic E-state index is 11.9. The van der Waals surface area contributed by atoms with Gasteiger partial charge in [0.25, 0.3) is 0 Å². The summed E-state index contributed by atoms with van der Waals surface area (Å²) < 4.78 is 0. The van der Waals surface area contributed by atoms with E-state index in [0.29, 0.717) is 0 Å². The highest BCUT2D eigenvalue weighted by atomic mass is 16.4. The highest BCUT2D eigenvalue weighted by molar-refractivity contribution is 5.94. The zero-order valence-electron chi connectivity index (χ0n) is 11.4. The number of carbonyl (C=O) groups is 1. The van der Waals surface area contributed by atoms with Crippen molar-refractivity contribution >= 4 is 11.7 Å². The van der Waals surface area contributed by atoms with E-state index in [-0.39, 0.29) is 17.7 Å². The molecule has 1 aliphatic carbocycles. The van der Waals surface area contributed by atoms with Crippen molar-refractivity contribution in [3.05, 3.63) is 0 Å². The van der Waals surface area contributed by atoms with E-state index < -0.39 is 5.54 Å². The Morgan fingerprint density at radius 2 is 1.72 bits per heavy atom. The molecule has 0 aromatic carbocycles. The molecule has 18 heavy (non-hydrogen) atoms.